The molecule has 2 N–H and O–H groups in total. The van der Waals surface area contributed by atoms with Crippen LogP contribution in [0.1, 0.15) is 54.1 Å². The zero-order chi connectivity index (χ0) is 18.8. The molecule has 0 aliphatic carbocycles. The van der Waals surface area contributed by atoms with Crippen molar-refractivity contribution in [3.05, 3.63) is 41.0 Å². The molecule has 2 aromatic heterocycles. The summed E-state index contributed by atoms with van der Waals surface area (Å²) in [5, 5.41) is 2.74. The Morgan fingerprint density at radius 3 is 2.85 bits per heavy atom. The molecular formula is C18H22F2N4OS. The number of pyridine rings is 1. The minimum atomic E-state index is -2.67. The first-order valence-corrected chi connectivity index (χ1v) is 9.40. The van der Waals surface area contributed by atoms with Gasteiger partial charge in [-0.3, -0.25) is 14.5 Å². The maximum absolute atomic E-state index is 12.9. The molecule has 0 bridgehead atoms. The van der Waals surface area contributed by atoms with Crippen LogP contribution >= 0.6 is 11.9 Å². The average Bonchev–Trinajstić information content (AvgIpc) is 3.13. The lowest BCUT2D eigenvalue weighted by Crippen LogP contribution is -2.18. The van der Waals surface area contributed by atoms with Crippen molar-refractivity contribution in [3.8, 4) is 0 Å². The molecule has 8 heteroatoms. The lowest BCUT2D eigenvalue weighted by Gasteiger charge is -2.10. The fourth-order valence-corrected chi connectivity index (χ4v) is 4.06. The van der Waals surface area contributed by atoms with Gasteiger partial charge in [-0.15, -0.1) is 0 Å². The molecule has 3 rings (SSSR count). The van der Waals surface area contributed by atoms with E-state index in [1.54, 1.807) is 11.9 Å². The van der Waals surface area contributed by atoms with E-state index >= 15 is 0 Å². The summed E-state index contributed by atoms with van der Waals surface area (Å²) >= 11 is 1.55. The molecule has 3 heterocycles. The Morgan fingerprint density at radius 2 is 2.15 bits per heavy atom. The van der Waals surface area contributed by atoms with E-state index in [-0.39, 0.29) is 11.6 Å². The first-order chi connectivity index (χ1) is 12.4. The molecule has 140 valence electrons. The highest BCUT2D eigenvalue weighted by Crippen LogP contribution is 2.35. The molecule has 0 unspecified atom stereocenters. The number of aromatic nitrogens is 2. The predicted octanol–water partition coefficient (Wildman–Crippen LogP) is 4.33. The summed E-state index contributed by atoms with van der Waals surface area (Å²) in [4.78, 5) is 17.6. The van der Waals surface area contributed by atoms with E-state index in [1.807, 2.05) is 11.5 Å². The predicted molar refractivity (Wildman–Crippen MR) is 98.8 cm³/mol. The Bertz CT molecular complexity index is 820. The highest BCUT2D eigenvalue weighted by atomic mass is 32.2. The van der Waals surface area contributed by atoms with Crippen LogP contribution in [0.25, 0.3) is 0 Å². The third-order valence-corrected chi connectivity index (χ3v) is 5.56. The zero-order valence-electron chi connectivity index (χ0n) is 15.0. The highest BCUT2D eigenvalue weighted by Gasteiger charge is 2.28. The van der Waals surface area contributed by atoms with Gasteiger partial charge in [0.05, 0.1) is 0 Å². The van der Waals surface area contributed by atoms with Crippen molar-refractivity contribution < 1.29 is 13.6 Å². The molecule has 1 amide bonds. The number of anilines is 1. The van der Waals surface area contributed by atoms with Gasteiger partial charge >= 0.3 is 0 Å². The second kappa shape index (κ2) is 7.75. The van der Waals surface area contributed by atoms with Crippen LogP contribution in [0, 0.1) is 6.92 Å². The van der Waals surface area contributed by atoms with Crippen molar-refractivity contribution in [2.45, 2.75) is 57.5 Å². The van der Waals surface area contributed by atoms with Crippen LogP contribution in [0.2, 0.25) is 0 Å². The minimum absolute atomic E-state index is 0.284. The van der Waals surface area contributed by atoms with Crippen LogP contribution in [0.3, 0.4) is 0 Å². The van der Waals surface area contributed by atoms with Gasteiger partial charge in [0, 0.05) is 35.1 Å². The number of nitrogens with one attached hydrogen (secondary N) is 2. The van der Waals surface area contributed by atoms with Gasteiger partial charge in [0.1, 0.15) is 11.4 Å². The van der Waals surface area contributed by atoms with Gasteiger partial charge in [0.15, 0.2) is 0 Å². The fourth-order valence-electron chi connectivity index (χ4n) is 3.12. The summed E-state index contributed by atoms with van der Waals surface area (Å²) < 4.78 is 31.0. The minimum Gasteiger partial charge on any atom is -0.339 e. The highest BCUT2D eigenvalue weighted by molar-refractivity contribution is 7.97. The second-order valence-electron chi connectivity index (χ2n) is 6.60. The Balaban J connectivity index is 1.88. The summed E-state index contributed by atoms with van der Waals surface area (Å²) in [5.74, 6) is -0.284. The molecule has 1 aliphatic heterocycles. The van der Waals surface area contributed by atoms with Crippen LogP contribution in [-0.2, 0) is 13.0 Å². The molecule has 0 saturated heterocycles. The third-order valence-electron chi connectivity index (χ3n) is 4.22. The zero-order valence-corrected chi connectivity index (χ0v) is 15.8. The van der Waals surface area contributed by atoms with Crippen LogP contribution in [0.4, 0.5) is 14.5 Å². The Kier molecular flexibility index (Phi) is 5.62. The molecule has 0 aromatic carbocycles. The summed E-state index contributed by atoms with van der Waals surface area (Å²) in [6.07, 6.45) is 0.536. The number of halogens is 2. The SMILES string of the molecule is Cc1c(SNC(C)C)c2n(c1C(=O)Nc1ccnc(C(F)F)c1)CCC2. The first kappa shape index (κ1) is 18.8. The molecule has 0 saturated carbocycles. The molecule has 26 heavy (non-hydrogen) atoms. The number of fused-ring (bicyclic) bond motifs is 1. The molecule has 5 nitrogen and oxygen atoms in total. The monoisotopic (exact) mass is 380 g/mol. The van der Waals surface area contributed by atoms with E-state index in [1.165, 1.54) is 18.3 Å². The van der Waals surface area contributed by atoms with Gasteiger partial charge in [0.25, 0.3) is 12.3 Å². The number of carbonyl (C=O) groups excluding carboxylic acids is 1. The Labute approximate surface area is 155 Å². The average molecular weight is 380 g/mol. The molecule has 0 spiro atoms. The number of rotatable bonds is 6. The van der Waals surface area contributed by atoms with Gasteiger partial charge in [-0.25, -0.2) is 8.78 Å². The molecule has 1 aliphatic rings. The maximum Gasteiger partial charge on any atom is 0.280 e. The largest absolute Gasteiger partial charge is 0.339 e. The van der Waals surface area contributed by atoms with Crippen LogP contribution in [-0.4, -0.2) is 21.5 Å². The van der Waals surface area contributed by atoms with Crippen molar-refractivity contribution in [2.24, 2.45) is 0 Å². The smallest absolute Gasteiger partial charge is 0.280 e. The van der Waals surface area contributed by atoms with Crippen molar-refractivity contribution in [2.75, 3.05) is 5.32 Å². The summed E-state index contributed by atoms with van der Waals surface area (Å²) in [5.41, 5.74) is 2.65. The standard InChI is InChI=1S/C18H22F2N4OS/c1-10(2)23-26-16-11(3)15(24-8-4-5-14(16)24)18(25)22-12-6-7-21-13(9-12)17(19)20/h6-7,9-10,17,23H,4-5,8H2,1-3H3,(H,21,22,25). The van der Waals surface area contributed by atoms with E-state index in [2.05, 4.69) is 28.9 Å². The van der Waals surface area contributed by atoms with E-state index in [9.17, 15) is 13.6 Å². The van der Waals surface area contributed by atoms with Crippen molar-refractivity contribution >= 4 is 23.5 Å². The second-order valence-corrected chi connectivity index (χ2v) is 7.45. The van der Waals surface area contributed by atoms with Crippen LogP contribution in [0.15, 0.2) is 23.2 Å². The van der Waals surface area contributed by atoms with Crippen LogP contribution in [0.5, 0.6) is 0 Å². The Morgan fingerprint density at radius 1 is 1.38 bits per heavy atom. The normalized spacial score (nSPS) is 13.5. The van der Waals surface area contributed by atoms with E-state index < -0.39 is 6.43 Å². The molecular weight excluding hydrogens is 358 g/mol. The van der Waals surface area contributed by atoms with Gasteiger partial charge in [-0.05, 0) is 63.3 Å². The number of alkyl halides is 2. The Hall–Kier alpha value is -1.93. The van der Waals surface area contributed by atoms with Crippen molar-refractivity contribution in [1.82, 2.24) is 14.3 Å². The molecule has 0 atom stereocenters. The third kappa shape index (κ3) is 3.76. The van der Waals surface area contributed by atoms with Crippen LogP contribution < -0.4 is 10.0 Å². The molecule has 0 fully saturated rings. The summed E-state index contributed by atoms with van der Waals surface area (Å²) in [7, 11) is 0. The number of hydrogen-bond acceptors (Lipinski definition) is 4. The number of nitrogens with zero attached hydrogens (tertiary/aromatic N) is 2. The van der Waals surface area contributed by atoms with Gasteiger partial charge in [-0.2, -0.15) is 0 Å². The topological polar surface area (TPSA) is 59.0 Å². The number of carbonyl (C=O) groups is 1. The fraction of sp³-hybridized carbons (Fsp3) is 0.444. The summed E-state index contributed by atoms with van der Waals surface area (Å²) in [6.45, 7) is 6.86. The number of hydrogen-bond donors (Lipinski definition) is 2. The van der Waals surface area contributed by atoms with E-state index in [4.69, 9.17) is 0 Å². The van der Waals surface area contributed by atoms with E-state index in [0.29, 0.717) is 17.4 Å². The quantitative estimate of drug-likeness (QED) is 0.732. The number of amides is 1. The van der Waals surface area contributed by atoms with Crippen molar-refractivity contribution in [1.29, 1.82) is 0 Å². The van der Waals surface area contributed by atoms with Crippen molar-refractivity contribution in [3.63, 3.8) is 0 Å². The maximum atomic E-state index is 12.9. The van der Waals surface area contributed by atoms with Gasteiger partial charge < -0.3 is 9.88 Å². The molecule has 0 radical (unpaired) electrons. The molecule has 2 aromatic rings. The van der Waals surface area contributed by atoms with Gasteiger partial charge in [-0.1, -0.05) is 0 Å². The lowest BCUT2D eigenvalue weighted by molar-refractivity contribution is 0.101. The van der Waals surface area contributed by atoms with Gasteiger partial charge in [0.2, 0.25) is 0 Å². The van der Waals surface area contributed by atoms with E-state index in [0.717, 1.165) is 35.5 Å². The first-order valence-electron chi connectivity index (χ1n) is 8.58. The summed E-state index contributed by atoms with van der Waals surface area (Å²) in [6, 6.07) is 3.04. The lowest BCUT2D eigenvalue weighted by atomic mass is 10.2.